The van der Waals surface area contributed by atoms with Gasteiger partial charge in [-0.1, -0.05) is 19.9 Å². The fourth-order valence-corrected chi connectivity index (χ4v) is 3.09. The number of benzene rings is 1. The minimum Gasteiger partial charge on any atom is -0.481 e. The minimum absolute atomic E-state index is 0.177. The van der Waals surface area contributed by atoms with Crippen molar-refractivity contribution in [2.75, 3.05) is 39.8 Å². The van der Waals surface area contributed by atoms with Crippen molar-refractivity contribution in [1.82, 2.24) is 15.1 Å². The lowest BCUT2D eigenvalue weighted by Crippen LogP contribution is -2.54. The van der Waals surface area contributed by atoms with Gasteiger partial charge in [-0.15, -0.1) is 0 Å². The summed E-state index contributed by atoms with van der Waals surface area (Å²) in [5, 5.41) is 2.99. The molecule has 1 aliphatic rings. The van der Waals surface area contributed by atoms with Crippen LogP contribution in [0.1, 0.15) is 20.8 Å². The highest BCUT2D eigenvalue weighted by Gasteiger charge is 2.26. The standard InChI is InChI=1S/C19H30FN3O2/c1-14(2)18(23-10-8-22(4)9-11-23)13-21-19(24)15(3)25-17-7-5-6-16(20)12-17/h5-7,12,14-15,18H,8-11,13H2,1-4H3,(H,21,24). The number of carbonyl (C=O) groups excluding carboxylic acids is 1. The molecule has 0 aliphatic carbocycles. The van der Waals surface area contributed by atoms with E-state index in [2.05, 4.69) is 36.0 Å². The highest BCUT2D eigenvalue weighted by molar-refractivity contribution is 5.80. The van der Waals surface area contributed by atoms with Gasteiger partial charge in [0.1, 0.15) is 11.6 Å². The van der Waals surface area contributed by atoms with Crippen molar-refractivity contribution in [3.05, 3.63) is 30.1 Å². The fraction of sp³-hybridized carbons (Fsp3) is 0.632. The quantitative estimate of drug-likeness (QED) is 0.816. The lowest BCUT2D eigenvalue weighted by molar-refractivity contribution is -0.127. The van der Waals surface area contributed by atoms with Gasteiger partial charge >= 0.3 is 0 Å². The monoisotopic (exact) mass is 351 g/mol. The third kappa shape index (κ3) is 5.97. The normalized spacial score (nSPS) is 18.8. The first kappa shape index (κ1) is 19.7. The van der Waals surface area contributed by atoms with Crippen LogP contribution in [0.15, 0.2) is 24.3 Å². The van der Waals surface area contributed by atoms with E-state index in [1.165, 1.54) is 12.1 Å². The van der Waals surface area contributed by atoms with Gasteiger partial charge in [-0.2, -0.15) is 0 Å². The number of halogens is 1. The number of hydrogen-bond donors (Lipinski definition) is 1. The van der Waals surface area contributed by atoms with Crippen molar-refractivity contribution in [3.8, 4) is 5.75 Å². The van der Waals surface area contributed by atoms with Crippen LogP contribution in [0.4, 0.5) is 4.39 Å². The van der Waals surface area contributed by atoms with E-state index in [4.69, 9.17) is 4.74 Å². The summed E-state index contributed by atoms with van der Waals surface area (Å²) in [6.45, 7) is 10.8. The molecule has 0 radical (unpaired) electrons. The Labute approximate surface area is 150 Å². The van der Waals surface area contributed by atoms with E-state index in [0.29, 0.717) is 24.3 Å². The van der Waals surface area contributed by atoms with E-state index in [0.717, 1.165) is 26.2 Å². The Bertz CT molecular complexity index is 559. The third-order valence-corrected chi connectivity index (χ3v) is 4.74. The summed E-state index contributed by atoms with van der Waals surface area (Å²) in [6, 6.07) is 6.15. The maximum absolute atomic E-state index is 13.2. The van der Waals surface area contributed by atoms with Crippen LogP contribution in [0.3, 0.4) is 0 Å². The number of amides is 1. The van der Waals surface area contributed by atoms with Crippen molar-refractivity contribution in [3.63, 3.8) is 0 Å². The Morgan fingerprint density at radius 1 is 1.24 bits per heavy atom. The van der Waals surface area contributed by atoms with Crippen LogP contribution < -0.4 is 10.1 Å². The van der Waals surface area contributed by atoms with Crippen molar-refractivity contribution in [2.45, 2.75) is 32.9 Å². The molecule has 1 amide bonds. The van der Waals surface area contributed by atoms with Gasteiger partial charge in [0.2, 0.25) is 0 Å². The zero-order valence-electron chi connectivity index (χ0n) is 15.7. The molecule has 2 rings (SSSR count). The maximum atomic E-state index is 13.2. The number of carbonyl (C=O) groups is 1. The topological polar surface area (TPSA) is 44.8 Å². The molecule has 1 aromatic carbocycles. The summed E-state index contributed by atoms with van der Waals surface area (Å²) in [5.41, 5.74) is 0. The zero-order valence-corrected chi connectivity index (χ0v) is 15.7. The van der Waals surface area contributed by atoms with E-state index in [9.17, 15) is 9.18 Å². The average Bonchev–Trinajstić information content (AvgIpc) is 2.56. The fourth-order valence-electron chi connectivity index (χ4n) is 3.09. The molecular formula is C19H30FN3O2. The molecule has 25 heavy (non-hydrogen) atoms. The first-order valence-electron chi connectivity index (χ1n) is 8.99. The molecule has 5 nitrogen and oxygen atoms in total. The third-order valence-electron chi connectivity index (χ3n) is 4.74. The molecular weight excluding hydrogens is 321 g/mol. The molecule has 140 valence electrons. The van der Waals surface area contributed by atoms with E-state index >= 15 is 0 Å². The van der Waals surface area contributed by atoms with Crippen molar-refractivity contribution < 1.29 is 13.9 Å². The number of hydrogen-bond acceptors (Lipinski definition) is 4. The minimum atomic E-state index is -0.665. The smallest absolute Gasteiger partial charge is 0.260 e. The Morgan fingerprint density at radius 3 is 2.52 bits per heavy atom. The lowest BCUT2D eigenvalue weighted by Gasteiger charge is -2.40. The number of nitrogens with zero attached hydrogens (tertiary/aromatic N) is 2. The van der Waals surface area contributed by atoms with Crippen LogP contribution in [0.2, 0.25) is 0 Å². The van der Waals surface area contributed by atoms with Gasteiger partial charge in [0.05, 0.1) is 0 Å². The predicted octanol–water partition coefficient (Wildman–Crippen LogP) is 1.98. The molecule has 0 spiro atoms. The van der Waals surface area contributed by atoms with Gasteiger partial charge < -0.3 is 15.0 Å². The molecule has 0 saturated carbocycles. The Morgan fingerprint density at radius 2 is 1.92 bits per heavy atom. The molecule has 1 heterocycles. The van der Waals surface area contributed by atoms with E-state index in [1.807, 2.05) is 0 Å². The second-order valence-corrected chi connectivity index (χ2v) is 7.11. The Balaban J connectivity index is 1.85. The molecule has 1 fully saturated rings. The van der Waals surface area contributed by atoms with E-state index in [-0.39, 0.29) is 11.7 Å². The summed E-state index contributed by atoms with van der Waals surface area (Å²) < 4.78 is 18.7. The lowest BCUT2D eigenvalue weighted by atomic mass is 10.0. The molecule has 1 saturated heterocycles. The van der Waals surface area contributed by atoms with Gasteiger partial charge in [-0.3, -0.25) is 9.69 Å². The van der Waals surface area contributed by atoms with Crippen molar-refractivity contribution >= 4 is 5.91 Å². The highest BCUT2D eigenvalue weighted by Crippen LogP contribution is 2.15. The predicted molar refractivity (Wildman–Crippen MR) is 97.2 cm³/mol. The molecule has 2 unspecified atom stereocenters. The largest absolute Gasteiger partial charge is 0.481 e. The second kappa shape index (κ2) is 9.15. The number of ether oxygens (including phenoxy) is 1. The molecule has 6 heteroatoms. The SMILES string of the molecule is CC(Oc1cccc(F)c1)C(=O)NCC(C(C)C)N1CCN(C)CC1. The van der Waals surface area contributed by atoms with Gasteiger partial charge in [0, 0.05) is 44.8 Å². The van der Waals surface area contributed by atoms with Gasteiger partial charge in [-0.05, 0) is 32.0 Å². The number of rotatable bonds is 7. The molecule has 0 aromatic heterocycles. The van der Waals surface area contributed by atoms with Crippen molar-refractivity contribution in [2.24, 2.45) is 5.92 Å². The summed E-state index contributed by atoms with van der Waals surface area (Å²) in [4.78, 5) is 17.1. The van der Waals surface area contributed by atoms with Gasteiger partial charge in [0.15, 0.2) is 6.10 Å². The van der Waals surface area contributed by atoms with Crippen molar-refractivity contribution in [1.29, 1.82) is 0 Å². The molecule has 1 N–H and O–H groups in total. The first-order valence-corrected chi connectivity index (χ1v) is 8.99. The van der Waals surface area contributed by atoms with Crippen LogP contribution in [0.5, 0.6) is 5.75 Å². The molecule has 1 aromatic rings. The van der Waals surface area contributed by atoms with Crippen LogP contribution in [0, 0.1) is 11.7 Å². The first-order chi connectivity index (χ1) is 11.9. The summed E-state index contributed by atoms with van der Waals surface area (Å²) >= 11 is 0. The van der Waals surface area contributed by atoms with Crippen LogP contribution in [-0.2, 0) is 4.79 Å². The van der Waals surface area contributed by atoms with E-state index < -0.39 is 6.10 Å². The Hall–Kier alpha value is -1.66. The van der Waals surface area contributed by atoms with E-state index in [1.54, 1.807) is 19.1 Å². The van der Waals surface area contributed by atoms with Gasteiger partial charge in [0.25, 0.3) is 5.91 Å². The summed E-state index contributed by atoms with van der Waals surface area (Å²) in [7, 11) is 2.13. The molecule has 2 atom stereocenters. The summed E-state index contributed by atoms with van der Waals surface area (Å²) in [5.74, 6) is 0.259. The summed E-state index contributed by atoms with van der Waals surface area (Å²) in [6.07, 6.45) is -0.665. The molecule has 1 aliphatic heterocycles. The van der Waals surface area contributed by atoms with Crippen LogP contribution in [0.25, 0.3) is 0 Å². The molecule has 0 bridgehead atoms. The number of piperazine rings is 1. The van der Waals surface area contributed by atoms with Crippen LogP contribution in [-0.4, -0.2) is 67.6 Å². The number of nitrogens with one attached hydrogen (secondary N) is 1. The number of likely N-dealkylation sites (N-methyl/N-ethyl adjacent to an activating group) is 1. The zero-order chi connectivity index (χ0) is 18.4. The second-order valence-electron chi connectivity index (χ2n) is 7.11. The maximum Gasteiger partial charge on any atom is 0.260 e. The average molecular weight is 351 g/mol. The van der Waals surface area contributed by atoms with Crippen LogP contribution >= 0.6 is 0 Å². The van der Waals surface area contributed by atoms with Gasteiger partial charge in [-0.25, -0.2) is 4.39 Å². The Kier molecular flexibility index (Phi) is 7.20. The highest BCUT2D eigenvalue weighted by atomic mass is 19.1.